The molecule has 3 unspecified atom stereocenters. The van der Waals surface area contributed by atoms with E-state index in [-0.39, 0.29) is 35.2 Å². The number of hydrogen-bond acceptors (Lipinski definition) is 4. The van der Waals surface area contributed by atoms with Gasteiger partial charge < -0.3 is 25.7 Å². The Bertz CT molecular complexity index is 1010. The number of fused-ring (bicyclic) bond motifs is 1. The minimum Gasteiger partial charge on any atom is -0.496 e. The van der Waals surface area contributed by atoms with Crippen LogP contribution in [-0.4, -0.2) is 49.1 Å². The largest absolute Gasteiger partial charge is 0.496 e. The third-order valence-corrected chi connectivity index (χ3v) is 6.01. The van der Waals surface area contributed by atoms with Gasteiger partial charge in [-0.1, -0.05) is 32.8 Å². The molecule has 0 bridgehead atoms. The molecule has 1 fully saturated rings. The Kier molecular flexibility index (Phi) is 8.04. The number of nitrogens with one attached hydrogen (secondary N) is 4. The Morgan fingerprint density at radius 3 is 2.82 bits per heavy atom. The van der Waals surface area contributed by atoms with E-state index in [1.807, 2.05) is 24.3 Å². The van der Waals surface area contributed by atoms with Crippen LogP contribution in [0, 0.1) is 23.7 Å². The zero-order chi connectivity index (χ0) is 24.0. The van der Waals surface area contributed by atoms with Crippen LogP contribution in [-0.2, 0) is 4.79 Å². The SMILES string of the molecule is C#CC(CC1CCCNC1=O)NCC(CC(C)(C)C)NC(=O)c1cc2c(OC)cccc2[nH]1. The molecule has 178 valence electrons. The average Bonchev–Trinajstić information content (AvgIpc) is 3.21. The highest BCUT2D eigenvalue weighted by molar-refractivity contribution is 5.99. The molecular weight excluding hydrogens is 416 g/mol. The van der Waals surface area contributed by atoms with Crippen molar-refractivity contribution in [1.82, 2.24) is 20.9 Å². The third kappa shape index (κ3) is 6.75. The number of carbonyl (C=O) groups excluding carboxylic acids is 2. The minimum absolute atomic E-state index is 0.0121. The van der Waals surface area contributed by atoms with Gasteiger partial charge in [-0.3, -0.25) is 9.59 Å². The lowest BCUT2D eigenvalue weighted by Gasteiger charge is -2.29. The van der Waals surface area contributed by atoms with Crippen molar-refractivity contribution in [2.75, 3.05) is 20.2 Å². The number of aromatic nitrogens is 1. The lowest BCUT2D eigenvalue weighted by Crippen LogP contribution is -2.47. The Morgan fingerprint density at radius 2 is 2.15 bits per heavy atom. The molecule has 1 aromatic carbocycles. The molecule has 7 nitrogen and oxygen atoms in total. The van der Waals surface area contributed by atoms with Crippen molar-refractivity contribution in [2.24, 2.45) is 11.3 Å². The van der Waals surface area contributed by atoms with Gasteiger partial charge >= 0.3 is 0 Å². The van der Waals surface area contributed by atoms with Crippen LogP contribution < -0.4 is 20.7 Å². The molecule has 0 radical (unpaired) electrons. The number of hydrogen-bond donors (Lipinski definition) is 4. The lowest BCUT2D eigenvalue weighted by atomic mass is 9.87. The molecule has 2 amide bonds. The van der Waals surface area contributed by atoms with Crippen LogP contribution in [0.3, 0.4) is 0 Å². The zero-order valence-electron chi connectivity index (χ0n) is 20.1. The van der Waals surface area contributed by atoms with Crippen molar-refractivity contribution in [2.45, 2.75) is 58.5 Å². The van der Waals surface area contributed by atoms with E-state index in [0.29, 0.717) is 18.7 Å². The molecule has 4 N–H and O–H groups in total. The Morgan fingerprint density at radius 1 is 1.36 bits per heavy atom. The summed E-state index contributed by atoms with van der Waals surface area (Å²) in [6.45, 7) is 7.69. The summed E-state index contributed by atoms with van der Waals surface area (Å²) in [5.74, 6) is 3.34. The highest BCUT2D eigenvalue weighted by atomic mass is 16.5. The van der Waals surface area contributed by atoms with Crippen molar-refractivity contribution in [3.8, 4) is 18.1 Å². The van der Waals surface area contributed by atoms with E-state index in [0.717, 1.165) is 42.5 Å². The average molecular weight is 453 g/mol. The summed E-state index contributed by atoms with van der Waals surface area (Å²) in [5.41, 5.74) is 1.35. The van der Waals surface area contributed by atoms with Gasteiger partial charge in [0.1, 0.15) is 11.4 Å². The number of carbonyl (C=O) groups is 2. The van der Waals surface area contributed by atoms with Crippen LogP contribution in [0.2, 0.25) is 0 Å². The molecule has 1 aliphatic rings. The number of methoxy groups -OCH3 is 1. The van der Waals surface area contributed by atoms with Gasteiger partial charge in [-0.15, -0.1) is 6.42 Å². The fourth-order valence-electron chi connectivity index (χ4n) is 4.44. The summed E-state index contributed by atoms with van der Waals surface area (Å²) in [5, 5.41) is 10.3. The molecule has 3 atom stereocenters. The van der Waals surface area contributed by atoms with E-state index in [1.54, 1.807) is 7.11 Å². The summed E-state index contributed by atoms with van der Waals surface area (Å²) in [6.07, 6.45) is 8.97. The highest BCUT2D eigenvalue weighted by Crippen LogP contribution is 2.26. The molecule has 1 aromatic heterocycles. The standard InChI is InChI=1S/C26H36N4O3/c1-6-18(13-17-9-8-12-27-24(17)31)28-16-19(15-26(2,3)4)29-25(32)22-14-20-21(30-22)10-7-11-23(20)33-5/h1,7,10-11,14,17-19,28,30H,8-9,12-13,15-16H2,2-5H3,(H,27,31)(H,29,32). The van der Waals surface area contributed by atoms with Crippen LogP contribution in [0.4, 0.5) is 0 Å². The minimum atomic E-state index is -0.226. The first-order valence-electron chi connectivity index (χ1n) is 11.6. The maximum atomic E-state index is 13.1. The number of ether oxygens (including phenoxy) is 1. The predicted molar refractivity (Wildman–Crippen MR) is 131 cm³/mol. The van der Waals surface area contributed by atoms with Crippen molar-refractivity contribution in [1.29, 1.82) is 0 Å². The molecule has 33 heavy (non-hydrogen) atoms. The first-order chi connectivity index (χ1) is 15.7. The first kappa shape index (κ1) is 24.7. The maximum absolute atomic E-state index is 13.1. The van der Waals surface area contributed by atoms with Gasteiger partial charge in [-0.25, -0.2) is 0 Å². The van der Waals surface area contributed by atoms with Crippen molar-refractivity contribution in [3.63, 3.8) is 0 Å². The fourth-order valence-corrected chi connectivity index (χ4v) is 4.44. The predicted octanol–water partition coefficient (Wildman–Crippen LogP) is 3.22. The molecule has 1 saturated heterocycles. The van der Waals surface area contributed by atoms with Crippen molar-refractivity contribution in [3.05, 3.63) is 30.0 Å². The van der Waals surface area contributed by atoms with Crippen LogP contribution in [0.15, 0.2) is 24.3 Å². The van der Waals surface area contributed by atoms with Gasteiger partial charge in [0, 0.05) is 36.0 Å². The van der Waals surface area contributed by atoms with E-state index < -0.39 is 0 Å². The van der Waals surface area contributed by atoms with Gasteiger partial charge in [0.2, 0.25) is 5.91 Å². The molecule has 7 heteroatoms. The molecule has 0 saturated carbocycles. The Labute approximate surface area is 196 Å². The maximum Gasteiger partial charge on any atom is 0.267 e. The van der Waals surface area contributed by atoms with Gasteiger partial charge in [-0.05, 0) is 49.3 Å². The Balaban J connectivity index is 1.67. The molecule has 2 heterocycles. The summed E-state index contributed by atoms with van der Waals surface area (Å²) in [6, 6.07) is 7.14. The van der Waals surface area contributed by atoms with Crippen LogP contribution in [0.5, 0.6) is 5.75 Å². The number of terminal acetylenes is 1. The quantitative estimate of drug-likeness (QED) is 0.440. The second-order valence-electron chi connectivity index (χ2n) is 10.0. The summed E-state index contributed by atoms with van der Waals surface area (Å²) in [4.78, 5) is 28.4. The summed E-state index contributed by atoms with van der Waals surface area (Å²) in [7, 11) is 1.62. The van der Waals surface area contributed by atoms with Gasteiger partial charge in [-0.2, -0.15) is 0 Å². The number of benzene rings is 1. The normalized spacial score (nSPS) is 18.3. The van der Waals surface area contributed by atoms with Crippen molar-refractivity contribution < 1.29 is 14.3 Å². The molecule has 3 rings (SSSR count). The van der Waals surface area contributed by atoms with E-state index in [1.165, 1.54) is 0 Å². The molecule has 1 aliphatic heterocycles. The van der Waals surface area contributed by atoms with Crippen LogP contribution in [0.1, 0.15) is 56.9 Å². The smallest absolute Gasteiger partial charge is 0.267 e. The van der Waals surface area contributed by atoms with Crippen LogP contribution >= 0.6 is 0 Å². The van der Waals surface area contributed by atoms with E-state index >= 15 is 0 Å². The number of H-pyrrole nitrogens is 1. The van der Waals surface area contributed by atoms with Gasteiger partial charge in [0.25, 0.3) is 5.91 Å². The summed E-state index contributed by atoms with van der Waals surface area (Å²) < 4.78 is 5.41. The molecule has 0 spiro atoms. The van der Waals surface area contributed by atoms with Crippen LogP contribution in [0.25, 0.3) is 10.9 Å². The number of amides is 2. The van der Waals surface area contributed by atoms with Gasteiger partial charge in [0.05, 0.1) is 13.2 Å². The lowest BCUT2D eigenvalue weighted by molar-refractivity contribution is -0.126. The second kappa shape index (κ2) is 10.8. The number of piperidine rings is 1. The number of rotatable bonds is 9. The van der Waals surface area contributed by atoms with Crippen molar-refractivity contribution >= 4 is 22.7 Å². The first-order valence-corrected chi connectivity index (χ1v) is 11.6. The summed E-state index contributed by atoms with van der Waals surface area (Å²) >= 11 is 0. The molecule has 2 aromatic rings. The topological polar surface area (TPSA) is 95.2 Å². The fraction of sp³-hybridized carbons (Fsp3) is 0.538. The van der Waals surface area contributed by atoms with E-state index in [4.69, 9.17) is 11.2 Å². The Hall–Kier alpha value is -2.98. The number of aromatic amines is 1. The van der Waals surface area contributed by atoms with E-state index in [2.05, 4.69) is 47.6 Å². The highest BCUT2D eigenvalue weighted by Gasteiger charge is 2.26. The van der Waals surface area contributed by atoms with Gasteiger partial charge in [0.15, 0.2) is 0 Å². The van der Waals surface area contributed by atoms with E-state index in [9.17, 15) is 9.59 Å². The second-order valence-corrected chi connectivity index (χ2v) is 10.0. The third-order valence-electron chi connectivity index (χ3n) is 6.01. The molecular formula is C26H36N4O3. The monoisotopic (exact) mass is 452 g/mol. The molecule has 0 aliphatic carbocycles. The zero-order valence-corrected chi connectivity index (χ0v) is 20.1.